The van der Waals surface area contributed by atoms with Gasteiger partial charge in [-0.25, -0.2) is 0 Å². The second kappa shape index (κ2) is 12.1. The number of hydrogen-bond donors (Lipinski definition) is 1. The van der Waals surface area contributed by atoms with Crippen molar-refractivity contribution in [2.75, 3.05) is 19.9 Å². The first kappa shape index (κ1) is 19.4. The number of nitrogens with one attached hydrogen (secondary N) is 1. The van der Waals surface area contributed by atoms with E-state index in [0.717, 1.165) is 24.3 Å². The summed E-state index contributed by atoms with van der Waals surface area (Å²) in [5.74, 6) is -0.502. The van der Waals surface area contributed by atoms with E-state index in [1.165, 1.54) is 25.1 Å². The van der Waals surface area contributed by atoms with Gasteiger partial charge in [-0.2, -0.15) is 0 Å². The van der Waals surface area contributed by atoms with E-state index in [0.29, 0.717) is 13.0 Å². The van der Waals surface area contributed by atoms with Crippen LogP contribution in [0.4, 0.5) is 0 Å². The molecule has 0 unspecified atom stereocenters. The number of ether oxygens (including phenoxy) is 1. The predicted octanol–water partition coefficient (Wildman–Crippen LogP) is 2.16. The molecule has 0 saturated heterocycles. The molecule has 0 saturated carbocycles. The molecule has 0 bridgehead atoms. The Bertz CT molecular complexity index is 420. The fraction of sp³-hybridized carbons (Fsp3) is 0.571. The average Bonchev–Trinajstić information content (AvgIpc) is 2.50. The van der Waals surface area contributed by atoms with Crippen LogP contribution in [0.2, 0.25) is 0 Å². The Balaban J connectivity index is 4.01. The third kappa shape index (κ3) is 9.84. The maximum Gasteiger partial charge on any atom is 0.305 e. The number of carbonyl (C=O) groups is 2. The summed E-state index contributed by atoms with van der Waals surface area (Å²) in [6, 6.07) is 0. The first-order valence-electron chi connectivity index (χ1n) is 6.65. The van der Waals surface area contributed by atoms with E-state index in [1.807, 2.05) is 13.2 Å². The van der Waals surface area contributed by atoms with Gasteiger partial charge in [0.25, 0.3) is 5.91 Å². The maximum absolute atomic E-state index is 11.8. The lowest BCUT2D eigenvalue weighted by Gasteiger charge is -2.04. The molecule has 0 aliphatic carbocycles. The molecule has 0 spiro atoms. The number of carbonyl (C=O) groups excluding carboxylic acids is 2. The molecule has 0 aromatic rings. The highest BCUT2D eigenvalue weighted by Gasteiger charge is 2.06. The zero-order valence-corrected chi connectivity index (χ0v) is 13.7. The molecule has 0 heterocycles. The highest BCUT2D eigenvalue weighted by molar-refractivity contribution is 8.13. The highest BCUT2D eigenvalue weighted by atomic mass is 32.2. The topological polar surface area (TPSA) is 80.1 Å². The van der Waals surface area contributed by atoms with Crippen LogP contribution in [0, 0.1) is 0 Å². The molecule has 21 heavy (non-hydrogen) atoms. The Morgan fingerprint density at radius 1 is 1.33 bits per heavy atom. The predicted molar refractivity (Wildman–Crippen MR) is 87.7 cm³/mol. The van der Waals surface area contributed by atoms with E-state index in [9.17, 15) is 9.59 Å². The van der Waals surface area contributed by atoms with Crippen LogP contribution < -0.4 is 5.32 Å². The van der Waals surface area contributed by atoms with Gasteiger partial charge in [-0.3, -0.25) is 19.6 Å². The molecule has 0 aliphatic heterocycles. The number of unbranched alkanes of at least 4 members (excludes halogenated alkanes) is 2. The molecule has 0 radical (unpaired) electrons. The van der Waals surface area contributed by atoms with Gasteiger partial charge in [0, 0.05) is 13.0 Å². The van der Waals surface area contributed by atoms with Crippen LogP contribution in [0.25, 0.3) is 0 Å². The van der Waals surface area contributed by atoms with Crippen LogP contribution in [0.3, 0.4) is 0 Å². The molecule has 0 rings (SSSR count). The second-order valence-corrected chi connectivity index (χ2v) is 5.17. The Kier molecular flexibility index (Phi) is 11.2. The number of thioether (sulfide) groups is 1. The highest BCUT2D eigenvalue weighted by Crippen LogP contribution is 2.03. The van der Waals surface area contributed by atoms with Crippen molar-refractivity contribution < 1.29 is 14.3 Å². The smallest absolute Gasteiger partial charge is 0.305 e. The van der Waals surface area contributed by atoms with Gasteiger partial charge in [-0.1, -0.05) is 6.42 Å². The number of methoxy groups -OCH3 is 1. The van der Waals surface area contributed by atoms with Crippen molar-refractivity contribution in [3.63, 3.8) is 0 Å². The zero-order valence-electron chi connectivity index (χ0n) is 12.8. The molecule has 0 aromatic heterocycles. The van der Waals surface area contributed by atoms with Crippen LogP contribution in [0.15, 0.2) is 21.9 Å². The lowest BCUT2D eigenvalue weighted by atomic mass is 10.2. The minimum atomic E-state index is -0.296. The molecule has 118 valence electrons. The zero-order chi connectivity index (χ0) is 16.1. The lowest BCUT2D eigenvalue weighted by Crippen LogP contribution is -2.25. The number of esters is 1. The molecule has 1 N–H and O–H groups in total. The van der Waals surface area contributed by atoms with Gasteiger partial charge in [-0.05, 0) is 32.7 Å². The largest absolute Gasteiger partial charge is 0.469 e. The molecular weight excluding hydrogens is 290 g/mol. The van der Waals surface area contributed by atoms with Crippen LogP contribution >= 0.6 is 11.8 Å². The summed E-state index contributed by atoms with van der Waals surface area (Å²) in [5.41, 5.74) is 0.193. The van der Waals surface area contributed by atoms with Crippen molar-refractivity contribution in [3.05, 3.63) is 11.9 Å². The summed E-state index contributed by atoms with van der Waals surface area (Å²) in [6.45, 7) is 5.74. The van der Waals surface area contributed by atoms with Gasteiger partial charge in [0.2, 0.25) is 0 Å². The van der Waals surface area contributed by atoms with Crippen LogP contribution in [-0.2, 0) is 14.3 Å². The molecule has 7 heteroatoms. The van der Waals surface area contributed by atoms with E-state index in [2.05, 4.69) is 26.8 Å². The van der Waals surface area contributed by atoms with Crippen LogP contribution in [0.5, 0.6) is 0 Å². The minimum Gasteiger partial charge on any atom is -0.469 e. The summed E-state index contributed by atoms with van der Waals surface area (Å²) in [4.78, 5) is 30.5. The molecule has 0 fully saturated rings. The van der Waals surface area contributed by atoms with Crippen molar-refractivity contribution in [1.29, 1.82) is 0 Å². The third-order valence-electron chi connectivity index (χ3n) is 2.64. The van der Waals surface area contributed by atoms with Gasteiger partial charge in [0.1, 0.15) is 5.70 Å². The summed E-state index contributed by atoms with van der Waals surface area (Å²) in [5, 5.41) is 3.58. The number of hydrogen-bond acceptors (Lipinski definition) is 6. The Morgan fingerprint density at radius 3 is 2.62 bits per heavy atom. The quantitative estimate of drug-likeness (QED) is 0.232. The van der Waals surface area contributed by atoms with Crippen LogP contribution in [0.1, 0.15) is 32.6 Å². The van der Waals surface area contributed by atoms with E-state index in [4.69, 9.17) is 0 Å². The number of nitrogens with zero attached hydrogens (tertiary/aromatic N) is 2. The van der Waals surface area contributed by atoms with Gasteiger partial charge >= 0.3 is 5.97 Å². The first-order chi connectivity index (χ1) is 10.0. The second-order valence-electron chi connectivity index (χ2n) is 4.17. The summed E-state index contributed by atoms with van der Waals surface area (Å²) in [7, 11) is 1.37. The number of aliphatic imine (C=N–C) groups is 2. The summed E-state index contributed by atoms with van der Waals surface area (Å²) in [6.07, 6.45) is 6.11. The van der Waals surface area contributed by atoms with E-state index >= 15 is 0 Å². The van der Waals surface area contributed by atoms with Crippen molar-refractivity contribution in [2.45, 2.75) is 32.6 Å². The third-order valence-corrected chi connectivity index (χ3v) is 3.33. The molecule has 0 atom stereocenters. The standard InChI is InChI=1S/C14H23N3O3S/c1-11(21-4)17-10-12(15-2)14(19)16-9-7-5-6-8-13(18)20-3/h10H,2,5-9H2,1,3-4H3,(H,16,19)/b12-10-,17-11?. The lowest BCUT2D eigenvalue weighted by molar-refractivity contribution is -0.140. The van der Waals surface area contributed by atoms with E-state index in [-0.39, 0.29) is 17.6 Å². The van der Waals surface area contributed by atoms with Crippen molar-refractivity contribution in [1.82, 2.24) is 5.32 Å². The van der Waals surface area contributed by atoms with Crippen molar-refractivity contribution in [3.8, 4) is 0 Å². The molecule has 1 amide bonds. The van der Waals surface area contributed by atoms with Crippen molar-refractivity contribution >= 4 is 35.4 Å². The summed E-state index contributed by atoms with van der Waals surface area (Å²) >= 11 is 1.49. The molecule has 6 nitrogen and oxygen atoms in total. The van der Waals surface area contributed by atoms with Gasteiger partial charge < -0.3 is 10.1 Å². The van der Waals surface area contributed by atoms with Gasteiger partial charge in [0.15, 0.2) is 0 Å². The van der Waals surface area contributed by atoms with Crippen molar-refractivity contribution in [2.24, 2.45) is 9.98 Å². The first-order valence-corrected chi connectivity index (χ1v) is 7.88. The van der Waals surface area contributed by atoms with Gasteiger partial charge in [-0.15, -0.1) is 11.8 Å². The van der Waals surface area contributed by atoms with E-state index < -0.39 is 0 Å². The monoisotopic (exact) mass is 313 g/mol. The Morgan fingerprint density at radius 2 is 2.05 bits per heavy atom. The Hall–Kier alpha value is -1.63. The minimum absolute atomic E-state index is 0.193. The van der Waals surface area contributed by atoms with Crippen LogP contribution in [-0.4, -0.2) is 43.5 Å². The average molecular weight is 313 g/mol. The van der Waals surface area contributed by atoms with E-state index in [1.54, 1.807) is 0 Å². The Labute approximate surface area is 130 Å². The normalized spacial score (nSPS) is 12.0. The molecular formula is C14H23N3O3S. The fourth-order valence-electron chi connectivity index (χ4n) is 1.34. The number of amides is 1. The van der Waals surface area contributed by atoms with Gasteiger partial charge in [0.05, 0.1) is 18.4 Å². The maximum atomic E-state index is 11.8. The SMILES string of the molecule is C=N/C(=C\N=C(C)SC)C(=O)NCCCCCC(=O)OC. The number of rotatable bonds is 9. The summed E-state index contributed by atoms with van der Waals surface area (Å²) < 4.78 is 4.55. The fourth-order valence-corrected chi connectivity index (χ4v) is 1.50. The molecule has 0 aromatic carbocycles. The molecule has 0 aliphatic rings.